The summed E-state index contributed by atoms with van der Waals surface area (Å²) in [7, 11) is 0. The summed E-state index contributed by atoms with van der Waals surface area (Å²) >= 11 is 0. The zero-order chi connectivity index (χ0) is 31.2. The Morgan fingerprint density at radius 3 is 2.29 bits per heavy atom. The molecule has 3 aliphatic rings. The number of rotatable bonds is 13. The van der Waals surface area contributed by atoms with Crippen LogP contribution in [0.5, 0.6) is 0 Å². The van der Waals surface area contributed by atoms with E-state index in [-0.39, 0.29) is 42.0 Å². The molecule has 0 radical (unpaired) electrons. The van der Waals surface area contributed by atoms with E-state index >= 15 is 0 Å². The molecule has 10 nitrogen and oxygen atoms in total. The molecular formula is C32H50N4O6. The second-order valence-electron chi connectivity index (χ2n) is 13.6. The van der Waals surface area contributed by atoms with Gasteiger partial charge in [0.1, 0.15) is 17.7 Å². The average Bonchev–Trinajstić information content (AvgIpc) is 3.24. The fourth-order valence-electron chi connectivity index (χ4n) is 6.68. The van der Waals surface area contributed by atoms with Crippen molar-refractivity contribution in [2.75, 3.05) is 13.1 Å². The molecular weight excluding hydrogens is 536 g/mol. The van der Waals surface area contributed by atoms with E-state index < -0.39 is 47.4 Å². The zero-order valence-corrected chi connectivity index (χ0v) is 26.0. The number of alkyl carbamates (subject to hydrolysis) is 1. The highest BCUT2D eigenvalue weighted by Crippen LogP contribution is 2.65. The lowest BCUT2D eigenvalue weighted by Gasteiger charge is -2.37. The third-order valence-corrected chi connectivity index (χ3v) is 8.98. The van der Waals surface area contributed by atoms with Crippen molar-refractivity contribution in [1.82, 2.24) is 20.9 Å². The van der Waals surface area contributed by atoms with Crippen LogP contribution in [0.1, 0.15) is 86.0 Å². The van der Waals surface area contributed by atoms with Crippen LogP contribution in [0, 0.1) is 23.2 Å². The van der Waals surface area contributed by atoms with Crippen molar-refractivity contribution in [1.29, 1.82) is 0 Å². The number of piperidine rings is 1. The maximum Gasteiger partial charge on any atom is 0.408 e. The van der Waals surface area contributed by atoms with Crippen LogP contribution in [0.3, 0.4) is 0 Å². The molecule has 0 aromatic heterocycles. The van der Waals surface area contributed by atoms with Gasteiger partial charge in [-0.2, -0.15) is 0 Å². The SMILES string of the molecule is C=CCCCC(NC(=O)C1[C@@H]2[C@H](CN1C(=O)[C@@H](NC(=O)OC(C)(C)C)C1CCCCC1)C2(C)C)C(=O)C(=O)NCC=C. The number of amides is 4. The van der Waals surface area contributed by atoms with Crippen molar-refractivity contribution >= 4 is 29.6 Å². The number of ketones is 1. The molecule has 1 heterocycles. The van der Waals surface area contributed by atoms with Crippen LogP contribution in [0.4, 0.5) is 4.79 Å². The molecule has 4 amide bonds. The summed E-state index contributed by atoms with van der Waals surface area (Å²) < 4.78 is 5.50. The quantitative estimate of drug-likeness (QED) is 0.171. The highest BCUT2D eigenvalue weighted by molar-refractivity contribution is 6.38. The number of likely N-dealkylation sites (tertiary alicyclic amines) is 1. The first kappa shape index (κ1) is 33.3. The highest BCUT2D eigenvalue weighted by Gasteiger charge is 2.69. The molecule has 0 bridgehead atoms. The number of Topliss-reactive ketones (excluding diaryl/α,β-unsaturated/α-hetero) is 1. The molecule has 0 aromatic rings. The fraction of sp³-hybridized carbons (Fsp3) is 0.719. The van der Waals surface area contributed by atoms with E-state index in [2.05, 4.69) is 43.0 Å². The van der Waals surface area contributed by atoms with Crippen LogP contribution in [-0.4, -0.2) is 71.3 Å². The number of carbonyl (C=O) groups is 5. The number of fused-ring (bicyclic) bond motifs is 1. The van der Waals surface area contributed by atoms with Crippen molar-refractivity contribution < 1.29 is 28.7 Å². The Hall–Kier alpha value is -3.17. The number of ether oxygens (including phenoxy) is 1. The van der Waals surface area contributed by atoms with Gasteiger partial charge in [0.05, 0.1) is 6.04 Å². The monoisotopic (exact) mass is 586 g/mol. The lowest BCUT2D eigenvalue weighted by atomic mass is 9.83. The lowest BCUT2D eigenvalue weighted by molar-refractivity contribution is -0.145. The predicted octanol–water partition coefficient (Wildman–Crippen LogP) is 3.66. The number of unbranched alkanes of at least 4 members (excludes halogenated alkanes) is 1. The summed E-state index contributed by atoms with van der Waals surface area (Å²) in [4.78, 5) is 68.1. The molecule has 0 aromatic carbocycles. The van der Waals surface area contributed by atoms with Crippen LogP contribution in [-0.2, 0) is 23.9 Å². The van der Waals surface area contributed by atoms with Gasteiger partial charge in [0, 0.05) is 13.1 Å². The molecule has 234 valence electrons. The van der Waals surface area contributed by atoms with Gasteiger partial charge in [-0.15, -0.1) is 13.2 Å². The van der Waals surface area contributed by atoms with Crippen LogP contribution in [0.25, 0.3) is 0 Å². The van der Waals surface area contributed by atoms with Gasteiger partial charge in [0.25, 0.3) is 5.91 Å². The molecule has 2 unspecified atom stereocenters. The molecule has 5 atom stereocenters. The Balaban J connectivity index is 1.85. The number of nitrogens with one attached hydrogen (secondary N) is 3. The van der Waals surface area contributed by atoms with Gasteiger partial charge in [0.15, 0.2) is 0 Å². The number of hydrogen-bond donors (Lipinski definition) is 3. The summed E-state index contributed by atoms with van der Waals surface area (Å²) in [6, 6.07) is -2.66. The average molecular weight is 587 g/mol. The standard InChI is InChI=1S/C32H50N4O6/c1-8-10-12-17-22(26(37)28(39)33-18-9-2)34-27(38)25-23-21(32(23,6)7)19-36(25)29(40)24(20-15-13-11-14-16-20)35-30(41)42-31(3,4)5/h8-9,20-25H,1-2,10-19H2,3-7H3,(H,33,39)(H,34,38)(H,35,41)/t21-,22?,23-,24-,25?/m0/s1. The molecule has 1 saturated heterocycles. The van der Waals surface area contributed by atoms with Crippen LogP contribution in [0.15, 0.2) is 25.3 Å². The minimum absolute atomic E-state index is 0.0609. The maximum absolute atomic E-state index is 14.2. The van der Waals surface area contributed by atoms with E-state index in [4.69, 9.17) is 4.74 Å². The number of carbonyl (C=O) groups excluding carboxylic acids is 5. The molecule has 2 saturated carbocycles. The molecule has 1 aliphatic heterocycles. The van der Waals surface area contributed by atoms with Crippen molar-refractivity contribution in [2.24, 2.45) is 23.2 Å². The van der Waals surface area contributed by atoms with Gasteiger partial charge in [0.2, 0.25) is 17.6 Å². The molecule has 0 spiro atoms. The minimum atomic E-state index is -1.03. The van der Waals surface area contributed by atoms with Crippen molar-refractivity contribution in [2.45, 2.75) is 110 Å². The maximum atomic E-state index is 14.2. The van der Waals surface area contributed by atoms with Crippen molar-refractivity contribution in [3.8, 4) is 0 Å². The van der Waals surface area contributed by atoms with Crippen LogP contribution >= 0.6 is 0 Å². The topological polar surface area (TPSA) is 134 Å². The van der Waals surface area contributed by atoms with E-state index in [1.807, 2.05) is 0 Å². The second kappa shape index (κ2) is 13.9. The van der Waals surface area contributed by atoms with Gasteiger partial charge in [-0.25, -0.2) is 4.79 Å². The Morgan fingerprint density at radius 1 is 1.02 bits per heavy atom. The zero-order valence-electron chi connectivity index (χ0n) is 26.0. The normalized spacial score (nSPS) is 24.4. The van der Waals surface area contributed by atoms with Gasteiger partial charge < -0.3 is 25.6 Å². The minimum Gasteiger partial charge on any atom is -0.444 e. The van der Waals surface area contributed by atoms with Crippen molar-refractivity contribution in [3.63, 3.8) is 0 Å². The van der Waals surface area contributed by atoms with Crippen LogP contribution in [0.2, 0.25) is 0 Å². The van der Waals surface area contributed by atoms with E-state index in [0.717, 1.165) is 32.1 Å². The predicted molar refractivity (Wildman–Crippen MR) is 160 cm³/mol. The van der Waals surface area contributed by atoms with E-state index in [0.29, 0.717) is 19.4 Å². The molecule has 3 rings (SSSR count). The molecule has 42 heavy (non-hydrogen) atoms. The van der Waals surface area contributed by atoms with Gasteiger partial charge >= 0.3 is 6.09 Å². The Bertz CT molecular complexity index is 1060. The largest absolute Gasteiger partial charge is 0.444 e. The first-order chi connectivity index (χ1) is 19.7. The summed E-state index contributed by atoms with van der Waals surface area (Å²) in [6.45, 7) is 17.3. The number of hydrogen-bond acceptors (Lipinski definition) is 6. The van der Waals surface area contributed by atoms with Gasteiger partial charge in [-0.1, -0.05) is 45.3 Å². The van der Waals surface area contributed by atoms with Gasteiger partial charge in [-0.3, -0.25) is 19.2 Å². The lowest BCUT2D eigenvalue weighted by Crippen LogP contribution is -2.59. The van der Waals surface area contributed by atoms with E-state index in [9.17, 15) is 24.0 Å². The van der Waals surface area contributed by atoms with Crippen LogP contribution < -0.4 is 16.0 Å². The van der Waals surface area contributed by atoms with E-state index in [1.54, 1.807) is 31.7 Å². The molecule has 2 aliphatic carbocycles. The van der Waals surface area contributed by atoms with E-state index in [1.165, 1.54) is 6.08 Å². The van der Waals surface area contributed by atoms with Crippen molar-refractivity contribution in [3.05, 3.63) is 25.3 Å². The molecule has 3 N–H and O–H groups in total. The molecule has 3 fully saturated rings. The highest BCUT2D eigenvalue weighted by atomic mass is 16.6. The Kier molecular flexibility index (Phi) is 11.0. The summed E-state index contributed by atoms with van der Waals surface area (Å²) in [5.74, 6) is -2.30. The molecule has 10 heteroatoms. The fourth-order valence-corrected chi connectivity index (χ4v) is 6.68. The number of nitrogens with zero attached hydrogens (tertiary/aromatic N) is 1. The summed E-state index contributed by atoms with van der Waals surface area (Å²) in [6.07, 6.45) is 8.60. The second-order valence-corrected chi connectivity index (χ2v) is 13.6. The third-order valence-electron chi connectivity index (χ3n) is 8.98. The summed E-state index contributed by atoms with van der Waals surface area (Å²) in [5.41, 5.74) is -0.877. The Labute approximate surface area is 250 Å². The first-order valence-electron chi connectivity index (χ1n) is 15.4. The number of allylic oxidation sites excluding steroid dienone is 1. The van der Waals surface area contributed by atoms with Gasteiger partial charge in [-0.05, 0) is 76.0 Å². The third kappa shape index (κ3) is 8.01. The Morgan fingerprint density at radius 2 is 1.69 bits per heavy atom. The smallest absolute Gasteiger partial charge is 0.408 e. The summed E-state index contributed by atoms with van der Waals surface area (Å²) in [5, 5.41) is 8.17. The first-order valence-corrected chi connectivity index (χ1v) is 15.4.